The van der Waals surface area contributed by atoms with Crippen LogP contribution in [-0.4, -0.2) is 43.1 Å². The summed E-state index contributed by atoms with van der Waals surface area (Å²) in [5.41, 5.74) is 1.36. The van der Waals surface area contributed by atoms with Gasteiger partial charge in [-0.3, -0.25) is 4.79 Å². The van der Waals surface area contributed by atoms with Crippen LogP contribution in [0.3, 0.4) is 0 Å². The van der Waals surface area contributed by atoms with E-state index in [4.69, 9.17) is 4.74 Å². The minimum absolute atomic E-state index is 0.116. The minimum Gasteiger partial charge on any atom is -0.490 e. The van der Waals surface area contributed by atoms with E-state index in [1.165, 1.54) is 12.1 Å². The molecule has 2 heterocycles. The highest BCUT2D eigenvalue weighted by atomic mass is 32.2. The molecule has 3 rings (SSSR count). The minimum atomic E-state index is -3.42. The van der Waals surface area contributed by atoms with Crippen LogP contribution in [-0.2, 0) is 29.2 Å². The molecule has 1 amide bonds. The second kappa shape index (κ2) is 7.59. The molecule has 1 aliphatic rings. The van der Waals surface area contributed by atoms with Gasteiger partial charge in [0, 0.05) is 24.1 Å². The van der Waals surface area contributed by atoms with Crippen molar-refractivity contribution in [1.82, 2.24) is 9.88 Å². The molecule has 0 saturated heterocycles. The van der Waals surface area contributed by atoms with Crippen LogP contribution in [0.2, 0.25) is 0 Å². The van der Waals surface area contributed by atoms with Crippen LogP contribution in [0.5, 0.6) is 5.75 Å². The molecule has 8 heteroatoms. The molecule has 1 aliphatic heterocycles. The number of aromatic nitrogens is 1. The second-order valence-electron chi connectivity index (χ2n) is 6.90. The predicted octanol–water partition coefficient (Wildman–Crippen LogP) is 3.09. The van der Waals surface area contributed by atoms with Crippen molar-refractivity contribution < 1.29 is 17.9 Å². The Morgan fingerprint density at radius 3 is 2.74 bits per heavy atom. The van der Waals surface area contributed by atoms with Gasteiger partial charge in [-0.25, -0.2) is 13.4 Å². The third-order valence-electron chi connectivity index (χ3n) is 4.34. The zero-order valence-corrected chi connectivity index (χ0v) is 17.6. The lowest BCUT2D eigenvalue weighted by atomic mass is 10.1. The third-order valence-corrected chi connectivity index (χ3v) is 6.67. The average molecular weight is 409 g/mol. The molecule has 0 N–H and O–H groups in total. The number of amides is 1. The summed E-state index contributed by atoms with van der Waals surface area (Å²) in [4.78, 5) is 20.8. The summed E-state index contributed by atoms with van der Waals surface area (Å²) in [6.07, 6.45) is 2.61. The van der Waals surface area contributed by atoms with Crippen LogP contribution in [0.1, 0.15) is 46.7 Å². The van der Waals surface area contributed by atoms with Gasteiger partial charge < -0.3 is 9.64 Å². The number of carbonyl (C=O) groups excluding carboxylic acids is 1. The van der Waals surface area contributed by atoms with E-state index in [-0.39, 0.29) is 22.5 Å². The number of aryl methyl sites for hydroxylation is 1. The Morgan fingerprint density at radius 1 is 1.37 bits per heavy atom. The molecular formula is C19H24N2O4S2. The Labute approximate surface area is 164 Å². The summed E-state index contributed by atoms with van der Waals surface area (Å²) in [5.74, 6) is 0.194. The van der Waals surface area contributed by atoms with E-state index in [1.807, 2.05) is 13.8 Å². The number of benzene rings is 1. The zero-order valence-electron chi connectivity index (χ0n) is 16.0. The molecular weight excluding hydrogens is 384 g/mol. The van der Waals surface area contributed by atoms with Crippen LogP contribution >= 0.6 is 11.3 Å². The lowest BCUT2D eigenvalue weighted by Crippen LogP contribution is -2.36. The number of thiazole rings is 1. The normalized spacial score (nSPS) is 14.3. The van der Waals surface area contributed by atoms with Crippen molar-refractivity contribution in [3.8, 4) is 5.75 Å². The highest BCUT2D eigenvalue weighted by Gasteiger charge is 2.27. The highest BCUT2D eigenvalue weighted by Crippen LogP contribution is 2.30. The topological polar surface area (TPSA) is 76.6 Å². The molecule has 0 saturated carbocycles. The molecule has 0 atom stereocenters. The van der Waals surface area contributed by atoms with Crippen molar-refractivity contribution in [2.45, 2.75) is 51.2 Å². The van der Waals surface area contributed by atoms with Gasteiger partial charge in [-0.2, -0.15) is 0 Å². The van der Waals surface area contributed by atoms with E-state index in [1.54, 1.807) is 22.3 Å². The number of sulfone groups is 1. The molecule has 27 heavy (non-hydrogen) atoms. The van der Waals surface area contributed by atoms with Gasteiger partial charge >= 0.3 is 0 Å². The quantitative estimate of drug-likeness (QED) is 0.760. The standard InChI is InChI=1S/C19H24N2O4S2/c1-5-18-20-15-8-9-21(11-17(15)26-18)19(22)14-10-13(27(4,23)24)6-7-16(14)25-12(2)3/h6-7,10,12H,5,8-9,11H2,1-4H3. The fraction of sp³-hybridized carbons (Fsp3) is 0.474. The lowest BCUT2D eigenvalue weighted by Gasteiger charge is -2.27. The van der Waals surface area contributed by atoms with Crippen molar-refractivity contribution >= 4 is 27.1 Å². The first-order chi connectivity index (χ1) is 12.7. The SMILES string of the molecule is CCc1nc2c(s1)CN(C(=O)c1cc(S(C)(=O)=O)ccc1OC(C)C)CC2. The molecule has 146 valence electrons. The molecule has 0 aliphatic carbocycles. The van der Waals surface area contributed by atoms with Crippen LogP contribution in [0, 0.1) is 0 Å². The maximum atomic E-state index is 13.2. The first-order valence-electron chi connectivity index (χ1n) is 8.96. The predicted molar refractivity (Wildman–Crippen MR) is 105 cm³/mol. The van der Waals surface area contributed by atoms with E-state index in [9.17, 15) is 13.2 Å². The largest absolute Gasteiger partial charge is 0.490 e. The second-order valence-corrected chi connectivity index (χ2v) is 10.1. The number of ether oxygens (including phenoxy) is 1. The van der Waals surface area contributed by atoms with Crippen LogP contribution < -0.4 is 4.74 Å². The van der Waals surface area contributed by atoms with Crippen LogP contribution in [0.4, 0.5) is 0 Å². The summed E-state index contributed by atoms with van der Waals surface area (Å²) in [6.45, 7) is 6.86. The van der Waals surface area contributed by atoms with Crippen molar-refractivity contribution in [1.29, 1.82) is 0 Å². The monoisotopic (exact) mass is 408 g/mol. The smallest absolute Gasteiger partial charge is 0.258 e. The van der Waals surface area contributed by atoms with E-state index >= 15 is 0 Å². The molecule has 0 unspecified atom stereocenters. The zero-order chi connectivity index (χ0) is 19.8. The number of fused-ring (bicyclic) bond motifs is 1. The first-order valence-corrected chi connectivity index (χ1v) is 11.7. The molecule has 6 nitrogen and oxygen atoms in total. The van der Waals surface area contributed by atoms with Gasteiger partial charge in [0.2, 0.25) is 0 Å². The van der Waals surface area contributed by atoms with Crippen molar-refractivity contribution in [2.75, 3.05) is 12.8 Å². The summed E-state index contributed by atoms with van der Waals surface area (Å²) in [5, 5.41) is 1.08. The average Bonchev–Trinajstić information content (AvgIpc) is 3.02. The van der Waals surface area contributed by atoms with Crippen molar-refractivity contribution in [2.24, 2.45) is 0 Å². The molecule has 0 bridgehead atoms. The third kappa shape index (κ3) is 4.32. The Balaban J connectivity index is 1.95. The van der Waals surface area contributed by atoms with E-state index in [0.717, 1.165) is 28.3 Å². The fourth-order valence-corrected chi connectivity index (χ4v) is 4.73. The maximum absolute atomic E-state index is 13.2. The number of hydrogen-bond acceptors (Lipinski definition) is 6. The Hall–Kier alpha value is -1.93. The Kier molecular flexibility index (Phi) is 5.58. The highest BCUT2D eigenvalue weighted by molar-refractivity contribution is 7.90. The molecule has 0 fully saturated rings. The first kappa shape index (κ1) is 19.8. The maximum Gasteiger partial charge on any atom is 0.258 e. The number of nitrogens with zero attached hydrogens (tertiary/aromatic N) is 2. The molecule has 1 aromatic heterocycles. The summed E-state index contributed by atoms with van der Waals surface area (Å²) in [6, 6.07) is 4.48. The van der Waals surface area contributed by atoms with E-state index < -0.39 is 9.84 Å². The van der Waals surface area contributed by atoms with Crippen molar-refractivity contribution in [3.05, 3.63) is 39.3 Å². The molecule has 0 spiro atoms. The number of rotatable bonds is 5. The summed E-state index contributed by atoms with van der Waals surface area (Å²) in [7, 11) is -3.42. The van der Waals surface area contributed by atoms with Crippen LogP contribution in [0.25, 0.3) is 0 Å². The molecule has 2 aromatic rings. The lowest BCUT2D eigenvalue weighted by molar-refractivity contribution is 0.0729. The van der Waals surface area contributed by atoms with E-state index in [2.05, 4.69) is 11.9 Å². The summed E-state index contributed by atoms with van der Waals surface area (Å²) < 4.78 is 29.7. The molecule has 1 aromatic carbocycles. The number of hydrogen-bond donors (Lipinski definition) is 0. The van der Waals surface area contributed by atoms with Gasteiger partial charge in [-0.1, -0.05) is 6.92 Å². The van der Waals surface area contributed by atoms with E-state index in [0.29, 0.717) is 25.3 Å². The summed E-state index contributed by atoms with van der Waals surface area (Å²) >= 11 is 1.64. The van der Waals surface area contributed by atoms with Gasteiger partial charge in [0.1, 0.15) is 5.75 Å². The van der Waals surface area contributed by atoms with Gasteiger partial charge in [0.05, 0.1) is 33.8 Å². The van der Waals surface area contributed by atoms with Gasteiger partial charge in [-0.05, 0) is 38.5 Å². The Morgan fingerprint density at radius 2 is 2.11 bits per heavy atom. The van der Waals surface area contributed by atoms with Crippen molar-refractivity contribution in [3.63, 3.8) is 0 Å². The van der Waals surface area contributed by atoms with Gasteiger partial charge in [-0.15, -0.1) is 11.3 Å². The van der Waals surface area contributed by atoms with Gasteiger partial charge in [0.15, 0.2) is 9.84 Å². The fourth-order valence-electron chi connectivity index (χ4n) is 3.01. The molecule has 0 radical (unpaired) electrons. The number of carbonyl (C=O) groups is 1. The Bertz CT molecular complexity index is 964. The van der Waals surface area contributed by atoms with Gasteiger partial charge in [0.25, 0.3) is 5.91 Å². The van der Waals surface area contributed by atoms with Crippen LogP contribution in [0.15, 0.2) is 23.1 Å².